The lowest BCUT2D eigenvalue weighted by Crippen LogP contribution is -2.31. The lowest BCUT2D eigenvalue weighted by molar-refractivity contribution is 0.0126. The zero-order valence-corrected chi connectivity index (χ0v) is 17.6. The van der Waals surface area contributed by atoms with Gasteiger partial charge in [0.15, 0.2) is 0 Å². The van der Waals surface area contributed by atoms with Crippen LogP contribution in [-0.2, 0) is 4.74 Å². The highest BCUT2D eigenvalue weighted by Crippen LogP contribution is 2.40. The summed E-state index contributed by atoms with van der Waals surface area (Å²) in [4.78, 5) is 12.2. The van der Waals surface area contributed by atoms with Crippen molar-refractivity contribution >= 4 is 26.4 Å². The molecule has 1 saturated heterocycles. The Hall–Kier alpha value is -0.873. The Kier molecular flexibility index (Phi) is 7.16. The van der Waals surface area contributed by atoms with Gasteiger partial charge in [-0.3, -0.25) is 0 Å². The van der Waals surface area contributed by atoms with Gasteiger partial charge in [-0.2, -0.15) is 0 Å². The first-order valence-electron chi connectivity index (χ1n) is 10.2. The van der Waals surface area contributed by atoms with Crippen LogP contribution in [0.15, 0.2) is 18.2 Å². The number of rotatable bonds is 5. The fourth-order valence-electron chi connectivity index (χ4n) is 4.88. The van der Waals surface area contributed by atoms with E-state index in [1.807, 2.05) is 0 Å². The molecule has 144 valence electrons. The van der Waals surface area contributed by atoms with Gasteiger partial charge < -0.3 is 4.74 Å². The molecule has 0 amide bonds. The van der Waals surface area contributed by atoms with Crippen LogP contribution in [0.1, 0.15) is 62.2 Å². The third kappa shape index (κ3) is 5.10. The van der Waals surface area contributed by atoms with Crippen LogP contribution < -0.4 is 0 Å². The van der Waals surface area contributed by atoms with Gasteiger partial charge in [-0.1, -0.05) is 55.9 Å². The Bertz CT molecular complexity index is 608. The molecule has 26 heavy (non-hydrogen) atoms. The fourth-order valence-corrected chi connectivity index (χ4v) is 8.48. The molecule has 1 heterocycles. The third-order valence-electron chi connectivity index (χ3n) is 6.40. The maximum atomic E-state index is 13.5. The van der Waals surface area contributed by atoms with E-state index in [0.29, 0.717) is 0 Å². The molecule has 1 aliphatic heterocycles. The van der Waals surface area contributed by atoms with Gasteiger partial charge in [-0.05, 0) is 55.7 Å². The smallest absolute Gasteiger partial charge is 0.338 e. The molecule has 0 atom stereocenters. The van der Waals surface area contributed by atoms with Crippen LogP contribution >= 0.6 is 11.6 Å². The molecule has 2 fully saturated rings. The quantitative estimate of drug-likeness (QED) is 0.434. The average molecular weight is 397 g/mol. The van der Waals surface area contributed by atoms with Gasteiger partial charge in [-0.15, -0.1) is 0 Å². The number of esters is 1. The molecule has 1 saturated carbocycles. The number of hydrogen-bond acceptors (Lipinski definition) is 2. The zero-order valence-electron chi connectivity index (χ0n) is 15.7. The Balaban J connectivity index is 1.44. The van der Waals surface area contributed by atoms with Crippen molar-refractivity contribution in [3.63, 3.8) is 0 Å². The van der Waals surface area contributed by atoms with Crippen molar-refractivity contribution in [1.29, 1.82) is 0 Å². The summed E-state index contributed by atoms with van der Waals surface area (Å²) in [5.74, 6) is 0.703. The summed E-state index contributed by atoms with van der Waals surface area (Å²) >= 11 is 5.67. The van der Waals surface area contributed by atoms with Crippen molar-refractivity contribution in [2.75, 3.05) is 0 Å². The second-order valence-corrected chi connectivity index (χ2v) is 12.0. The SMILES string of the molecule is CCC[SiH]1CCC(C2CCC(OC(=O)c3ccc(Cl)c(F)c3)CC2)CC1. The van der Waals surface area contributed by atoms with Crippen LogP contribution in [-0.4, -0.2) is 20.9 Å². The van der Waals surface area contributed by atoms with E-state index >= 15 is 0 Å². The van der Waals surface area contributed by atoms with Crippen LogP contribution in [0.2, 0.25) is 23.2 Å². The van der Waals surface area contributed by atoms with E-state index in [1.54, 1.807) is 0 Å². The molecule has 2 nitrogen and oxygen atoms in total. The highest BCUT2D eigenvalue weighted by atomic mass is 35.5. The zero-order chi connectivity index (χ0) is 18.5. The van der Waals surface area contributed by atoms with Crippen LogP contribution in [0, 0.1) is 17.7 Å². The molecule has 0 spiro atoms. The first-order valence-corrected chi connectivity index (χ1v) is 13.1. The van der Waals surface area contributed by atoms with Gasteiger partial charge in [0.25, 0.3) is 0 Å². The Morgan fingerprint density at radius 1 is 1.15 bits per heavy atom. The van der Waals surface area contributed by atoms with Crippen molar-refractivity contribution < 1.29 is 13.9 Å². The van der Waals surface area contributed by atoms with Crippen molar-refractivity contribution in [3.8, 4) is 0 Å². The number of hydrogen-bond donors (Lipinski definition) is 0. The number of carbonyl (C=O) groups excluding carboxylic acids is 1. The highest BCUT2D eigenvalue weighted by molar-refractivity contribution is 6.58. The summed E-state index contributed by atoms with van der Waals surface area (Å²) in [6, 6.07) is 8.70. The minimum Gasteiger partial charge on any atom is -0.459 e. The van der Waals surface area contributed by atoms with E-state index in [1.165, 1.54) is 49.5 Å². The topological polar surface area (TPSA) is 26.3 Å². The molecule has 0 radical (unpaired) electrons. The van der Waals surface area contributed by atoms with E-state index in [2.05, 4.69) is 6.92 Å². The second kappa shape index (κ2) is 9.36. The Morgan fingerprint density at radius 2 is 1.81 bits per heavy atom. The Morgan fingerprint density at radius 3 is 2.42 bits per heavy atom. The van der Waals surface area contributed by atoms with Gasteiger partial charge in [0.2, 0.25) is 0 Å². The fraction of sp³-hybridized carbons (Fsp3) is 0.667. The number of halogens is 2. The van der Waals surface area contributed by atoms with E-state index < -0.39 is 20.6 Å². The molecular formula is C21H30ClFO2Si. The maximum Gasteiger partial charge on any atom is 0.338 e. The average Bonchev–Trinajstić information content (AvgIpc) is 2.65. The standard InChI is InChI=1S/C21H30ClFO2Si/c1-2-11-26-12-9-16(10-13-26)15-3-6-18(7-4-15)25-21(24)17-5-8-19(22)20(23)14-17/h5,8,14-16,18,26H,2-4,6-7,9-13H2,1H3. The molecule has 1 aromatic rings. The summed E-state index contributed by atoms with van der Waals surface area (Å²) in [7, 11) is -0.403. The largest absolute Gasteiger partial charge is 0.459 e. The molecule has 3 rings (SSSR count). The molecule has 0 bridgehead atoms. The van der Waals surface area contributed by atoms with Crippen LogP contribution in [0.5, 0.6) is 0 Å². The number of benzene rings is 1. The Labute approximate surface area is 163 Å². The van der Waals surface area contributed by atoms with Gasteiger partial charge in [0, 0.05) is 8.80 Å². The minimum absolute atomic E-state index is 0.0247. The molecule has 1 aromatic carbocycles. The summed E-state index contributed by atoms with van der Waals surface area (Å²) in [5.41, 5.74) is 0.244. The van der Waals surface area contributed by atoms with E-state index in [4.69, 9.17) is 16.3 Å². The van der Waals surface area contributed by atoms with E-state index in [-0.39, 0.29) is 16.7 Å². The summed E-state index contributed by atoms with van der Waals surface area (Å²) in [6.45, 7) is 2.32. The summed E-state index contributed by atoms with van der Waals surface area (Å²) < 4.78 is 19.1. The van der Waals surface area contributed by atoms with E-state index in [9.17, 15) is 9.18 Å². The molecule has 1 aliphatic carbocycles. The van der Waals surface area contributed by atoms with E-state index in [0.717, 1.165) is 43.6 Å². The summed E-state index contributed by atoms with van der Waals surface area (Å²) in [5, 5.41) is 0.0266. The lowest BCUT2D eigenvalue weighted by Gasteiger charge is -2.37. The number of carbonyl (C=O) groups is 1. The van der Waals surface area contributed by atoms with Crippen molar-refractivity contribution in [3.05, 3.63) is 34.6 Å². The third-order valence-corrected chi connectivity index (χ3v) is 10.4. The van der Waals surface area contributed by atoms with Gasteiger partial charge in [0.1, 0.15) is 11.9 Å². The number of ether oxygens (including phenoxy) is 1. The van der Waals surface area contributed by atoms with Crippen molar-refractivity contribution in [1.82, 2.24) is 0 Å². The molecule has 2 aliphatic rings. The highest BCUT2D eigenvalue weighted by Gasteiger charge is 2.32. The normalized spacial score (nSPS) is 29.3. The minimum atomic E-state index is -0.577. The predicted molar refractivity (Wildman–Crippen MR) is 107 cm³/mol. The first-order chi connectivity index (χ1) is 12.6. The van der Waals surface area contributed by atoms with Gasteiger partial charge in [0.05, 0.1) is 10.6 Å². The van der Waals surface area contributed by atoms with Gasteiger partial charge >= 0.3 is 5.97 Å². The molecular weight excluding hydrogens is 367 g/mol. The van der Waals surface area contributed by atoms with Crippen molar-refractivity contribution in [2.24, 2.45) is 11.8 Å². The molecule has 0 N–H and O–H groups in total. The first kappa shape index (κ1) is 19.9. The predicted octanol–water partition coefficient (Wildman–Crippen LogP) is 6.24. The molecule has 0 unspecified atom stereocenters. The molecule has 0 aromatic heterocycles. The summed E-state index contributed by atoms with van der Waals surface area (Å²) in [6.07, 6.45) is 8.44. The van der Waals surface area contributed by atoms with Gasteiger partial charge in [-0.25, -0.2) is 9.18 Å². The maximum absolute atomic E-state index is 13.5. The monoisotopic (exact) mass is 396 g/mol. The second-order valence-electron chi connectivity index (χ2n) is 8.14. The lowest BCUT2D eigenvalue weighted by atomic mass is 9.76. The molecule has 5 heteroatoms. The van der Waals surface area contributed by atoms with Crippen LogP contribution in [0.4, 0.5) is 4.39 Å². The van der Waals surface area contributed by atoms with Crippen LogP contribution in [0.25, 0.3) is 0 Å². The van der Waals surface area contributed by atoms with Crippen molar-refractivity contribution in [2.45, 2.75) is 76.1 Å². The van der Waals surface area contributed by atoms with Crippen LogP contribution in [0.3, 0.4) is 0 Å².